The topological polar surface area (TPSA) is 68.8 Å². The Morgan fingerprint density at radius 3 is 2.43 bits per heavy atom. The Morgan fingerprint density at radius 1 is 1.14 bits per heavy atom. The summed E-state index contributed by atoms with van der Waals surface area (Å²) in [6.07, 6.45) is 3.98. The van der Waals surface area contributed by atoms with E-state index in [1.807, 2.05) is 20.8 Å². The highest BCUT2D eigenvalue weighted by Gasteiger charge is 2.18. The molecule has 156 valence electrons. The van der Waals surface area contributed by atoms with Crippen LogP contribution in [0.2, 0.25) is 0 Å². The SMILES string of the molecule is CN=C(NCC(=O)NC(C)(C)C)NCc1ccc(CN2CCCCC2C)cc1. The molecular weight excluding hydrogens is 350 g/mol. The highest BCUT2D eigenvalue weighted by atomic mass is 16.2. The number of rotatable bonds is 6. The van der Waals surface area contributed by atoms with Crippen LogP contribution in [0.25, 0.3) is 0 Å². The second-order valence-electron chi connectivity index (χ2n) is 8.71. The van der Waals surface area contributed by atoms with Gasteiger partial charge >= 0.3 is 0 Å². The van der Waals surface area contributed by atoms with E-state index in [2.05, 4.69) is 57.0 Å². The van der Waals surface area contributed by atoms with Crippen molar-refractivity contribution in [3.8, 4) is 0 Å². The van der Waals surface area contributed by atoms with Crippen LogP contribution < -0.4 is 16.0 Å². The summed E-state index contributed by atoms with van der Waals surface area (Å²) in [4.78, 5) is 18.7. The normalized spacial score (nSPS) is 18.6. The number of carbonyl (C=O) groups is 1. The molecule has 0 aliphatic carbocycles. The van der Waals surface area contributed by atoms with Crippen LogP contribution in [-0.4, -0.2) is 48.5 Å². The molecule has 28 heavy (non-hydrogen) atoms. The molecule has 0 saturated carbocycles. The van der Waals surface area contributed by atoms with Gasteiger partial charge in [0.25, 0.3) is 0 Å². The van der Waals surface area contributed by atoms with Crippen molar-refractivity contribution >= 4 is 11.9 Å². The zero-order valence-electron chi connectivity index (χ0n) is 18.1. The van der Waals surface area contributed by atoms with Crippen LogP contribution in [-0.2, 0) is 17.9 Å². The molecule has 0 bridgehead atoms. The summed E-state index contributed by atoms with van der Waals surface area (Å²) >= 11 is 0. The Labute approximate surface area is 170 Å². The minimum Gasteiger partial charge on any atom is -0.352 e. The van der Waals surface area contributed by atoms with Gasteiger partial charge in [0.15, 0.2) is 5.96 Å². The van der Waals surface area contributed by atoms with Crippen molar-refractivity contribution in [3.63, 3.8) is 0 Å². The Morgan fingerprint density at radius 2 is 1.82 bits per heavy atom. The predicted octanol–water partition coefficient (Wildman–Crippen LogP) is 2.64. The van der Waals surface area contributed by atoms with Gasteiger partial charge in [-0.25, -0.2) is 0 Å². The second-order valence-corrected chi connectivity index (χ2v) is 8.71. The van der Waals surface area contributed by atoms with Gasteiger partial charge < -0.3 is 16.0 Å². The number of amides is 1. The van der Waals surface area contributed by atoms with Crippen molar-refractivity contribution in [1.82, 2.24) is 20.9 Å². The van der Waals surface area contributed by atoms with Crippen molar-refractivity contribution < 1.29 is 4.79 Å². The highest BCUT2D eigenvalue weighted by Crippen LogP contribution is 2.19. The van der Waals surface area contributed by atoms with E-state index >= 15 is 0 Å². The molecule has 1 amide bonds. The van der Waals surface area contributed by atoms with Crippen LogP contribution >= 0.6 is 0 Å². The number of likely N-dealkylation sites (tertiary alicyclic amines) is 1. The van der Waals surface area contributed by atoms with Gasteiger partial charge in [-0.1, -0.05) is 30.7 Å². The maximum Gasteiger partial charge on any atom is 0.239 e. The Balaban J connectivity index is 1.77. The molecule has 1 unspecified atom stereocenters. The lowest BCUT2D eigenvalue weighted by Crippen LogP contribution is -2.48. The second kappa shape index (κ2) is 10.5. The molecule has 0 aromatic heterocycles. The Bertz CT molecular complexity index is 648. The zero-order chi connectivity index (χ0) is 20.6. The number of guanidine groups is 1. The monoisotopic (exact) mass is 387 g/mol. The van der Waals surface area contributed by atoms with Gasteiger partial charge in [-0.15, -0.1) is 0 Å². The van der Waals surface area contributed by atoms with E-state index in [0.717, 1.165) is 6.54 Å². The van der Waals surface area contributed by atoms with Gasteiger partial charge in [-0.3, -0.25) is 14.7 Å². The van der Waals surface area contributed by atoms with E-state index in [4.69, 9.17) is 0 Å². The lowest BCUT2D eigenvalue weighted by atomic mass is 10.0. The van der Waals surface area contributed by atoms with Crippen molar-refractivity contribution in [3.05, 3.63) is 35.4 Å². The average molecular weight is 388 g/mol. The first-order valence-electron chi connectivity index (χ1n) is 10.3. The molecule has 1 heterocycles. The van der Waals surface area contributed by atoms with E-state index in [1.54, 1.807) is 7.05 Å². The molecule has 2 rings (SSSR count). The molecule has 1 aliphatic heterocycles. The molecule has 3 N–H and O–H groups in total. The van der Waals surface area contributed by atoms with Crippen LogP contribution in [0, 0.1) is 0 Å². The van der Waals surface area contributed by atoms with E-state index < -0.39 is 0 Å². The van der Waals surface area contributed by atoms with Crippen LogP contribution in [0.15, 0.2) is 29.3 Å². The van der Waals surface area contributed by atoms with Gasteiger partial charge in [-0.05, 0) is 58.2 Å². The third-order valence-electron chi connectivity index (χ3n) is 4.96. The lowest BCUT2D eigenvalue weighted by molar-refractivity contribution is -0.121. The van der Waals surface area contributed by atoms with Crippen LogP contribution in [0.5, 0.6) is 0 Å². The number of benzene rings is 1. The van der Waals surface area contributed by atoms with Crippen molar-refractivity contribution in [2.24, 2.45) is 4.99 Å². The molecule has 6 nitrogen and oxygen atoms in total. The maximum atomic E-state index is 11.9. The van der Waals surface area contributed by atoms with E-state index in [-0.39, 0.29) is 18.0 Å². The fourth-order valence-electron chi connectivity index (χ4n) is 3.42. The van der Waals surface area contributed by atoms with E-state index in [0.29, 0.717) is 18.5 Å². The molecule has 6 heteroatoms. The summed E-state index contributed by atoms with van der Waals surface area (Å²) in [5.74, 6) is 0.571. The van der Waals surface area contributed by atoms with Gasteiger partial charge in [0.05, 0.1) is 6.54 Å². The summed E-state index contributed by atoms with van der Waals surface area (Å²) in [6, 6.07) is 9.43. The third kappa shape index (κ3) is 7.89. The highest BCUT2D eigenvalue weighted by molar-refractivity contribution is 5.86. The van der Waals surface area contributed by atoms with Gasteiger partial charge in [0.2, 0.25) is 5.91 Å². The molecule has 0 radical (unpaired) electrons. The molecule has 1 aromatic carbocycles. The average Bonchev–Trinajstić information content (AvgIpc) is 2.63. The van der Waals surface area contributed by atoms with Crippen LogP contribution in [0.1, 0.15) is 58.1 Å². The molecule has 1 saturated heterocycles. The smallest absolute Gasteiger partial charge is 0.239 e. The maximum absolute atomic E-state index is 11.9. The van der Waals surface area contributed by atoms with Gasteiger partial charge in [-0.2, -0.15) is 0 Å². The van der Waals surface area contributed by atoms with Crippen LogP contribution in [0.4, 0.5) is 0 Å². The lowest BCUT2D eigenvalue weighted by Gasteiger charge is -2.33. The first-order chi connectivity index (χ1) is 13.3. The molecular formula is C22H37N5O. The molecule has 1 aromatic rings. The van der Waals surface area contributed by atoms with Crippen LogP contribution in [0.3, 0.4) is 0 Å². The number of carbonyl (C=O) groups excluding carboxylic acids is 1. The Kier molecular flexibility index (Phi) is 8.30. The van der Waals surface area contributed by atoms with Crippen molar-refractivity contribution in [2.75, 3.05) is 20.1 Å². The molecule has 1 fully saturated rings. The third-order valence-corrected chi connectivity index (χ3v) is 4.96. The van der Waals surface area contributed by atoms with Gasteiger partial charge in [0.1, 0.15) is 0 Å². The number of piperidine rings is 1. The Hall–Kier alpha value is -2.08. The van der Waals surface area contributed by atoms with E-state index in [9.17, 15) is 4.79 Å². The summed E-state index contributed by atoms with van der Waals surface area (Å²) < 4.78 is 0. The summed E-state index contributed by atoms with van der Waals surface area (Å²) in [7, 11) is 1.71. The zero-order valence-corrected chi connectivity index (χ0v) is 18.1. The summed E-state index contributed by atoms with van der Waals surface area (Å²) in [5, 5.41) is 9.24. The number of aliphatic imine (C=N–C) groups is 1. The predicted molar refractivity (Wildman–Crippen MR) is 116 cm³/mol. The number of nitrogens with one attached hydrogen (secondary N) is 3. The summed E-state index contributed by atoms with van der Waals surface area (Å²) in [6.45, 7) is 11.3. The quantitative estimate of drug-likeness (QED) is 0.518. The minimum absolute atomic E-state index is 0.0493. The molecule has 1 aliphatic rings. The largest absolute Gasteiger partial charge is 0.352 e. The fraction of sp³-hybridized carbons (Fsp3) is 0.636. The number of nitrogens with zero attached hydrogens (tertiary/aromatic N) is 2. The van der Waals surface area contributed by atoms with Crippen molar-refractivity contribution in [1.29, 1.82) is 0 Å². The molecule has 1 atom stereocenters. The number of hydrogen-bond acceptors (Lipinski definition) is 3. The van der Waals surface area contributed by atoms with Crippen molar-refractivity contribution in [2.45, 2.75) is 71.6 Å². The first kappa shape index (κ1) is 22.2. The van der Waals surface area contributed by atoms with E-state index in [1.165, 1.54) is 36.9 Å². The minimum atomic E-state index is -0.233. The van der Waals surface area contributed by atoms with Gasteiger partial charge in [0, 0.05) is 31.7 Å². The first-order valence-corrected chi connectivity index (χ1v) is 10.3. The standard InChI is InChI=1S/C22H37N5O/c1-17-8-6-7-13-27(17)16-19-11-9-18(10-12-19)14-24-21(23-5)25-15-20(28)26-22(2,3)4/h9-12,17H,6-8,13-16H2,1-5H3,(H,26,28)(H2,23,24,25). The summed E-state index contributed by atoms with van der Waals surface area (Å²) in [5.41, 5.74) is 2.32. The molecule has 0 spiro atoms. The number of hydrogen-bond donors (Lipinski definition) is 3. The fourth-order valence-corrected chi connectivity index (χ4v) is 3.42.